The van der Waals surface area contributed by atoms with Crippen LogP contribution < -0.4 is 10.6 Å². The lowest BCUT2D eigenvalue weighted by atomic mass is 9.99. The van der Waals surface area contributed by atoms with Gasteiger partial charge >= 0.3 is 0 Å². The Kier molecular flexibility index (Phi) is 5.04. The monoisotopic (exact) mass is 362 g/mol. The van der Waals surface area contributed by atoms with Crippen LogP contribution in [0.25, 0.3) is 0 Å². The van der Waals surface area contributed by atoms with Crippen molar-refractivity contribution >= 4 is 34.2 Å². The van der Waals surface area contributed by atoms with E-state index in [1.807, 2.05) is 0 Å². The van der Waals surface area contributed by atoms with Crippen molar-refractivity contribution in [2.24, 2.45) is 0 Å². The number of nitrogens with one attached hydrogen (secondary N) is 2. The molecule has 0 spiro atoms. The molecule has 2 heterocycles. The average molecular weight is 364 g/mol. The van der Waals surface area contributed by atoms with Crippen LogP contribution in [0, 0.1) is 5.82 Å². The molecular formula is C14H17BrClFN2O. The molecule has 6 heteroatoms. The third-order valence-electron chi connectivity index (χ3n) is 3.99. The van der Waals surface area contributed by atoms with E-state index in [9.17, 15) is 9.18 Å². The van der Waals surface area contributed by atoms with E-state index >= 15 is 0 Å². The molecule has 2 aliphatic rings. The van der Waals surface area contributed by atoms with Crippen LogP contribution in [0.15, 0.2) is 22.7 Å². The van der Waals surface area contributed by atoms with Crippen molar-refractivity contribution < 1.29 is 9.18 Å². The molecule has 20 heavy (non-hydrogen) atoms. The minimum Gasteiger partial charge on any atom is -0.349 e. The summed E-state index contributed by atoms with van der Waals surface area (Å²) in [5.41, 5.74) is 0.381. The molecule has 0 aromatic heterocycles. The maximum Gasteiger partial charge on any atom is 0.251 e. The predicted octanol–water partition coefficient (Wildman–Crippen LogP) is 3.02. The average Bonchev–Trinajstić information content (AvgIpc) is 2.72. The molecule has 1 aromatic rings. The molecule has 0 saturated carbocycles. The Hall–Kier alpha value is -0.650. The standard InChI is InChI=1S/C14H16BrFN2O.ClH/c15-12-4-1-8(5-13(12)16)14(19)18-11-6-9-2-3-10(7-11)17-9;/h1,4-5,9-11,17H,2-3,6-7H2,(H,18,19);1H. The number of halogens is 3. The molecule has 2 fully saturated rings. The number of carbonyl (C=O) groups is 1. The van der Waals surface area contributed by atoms with Gasteiger partial charge in [0.15, 0.2) is 0 Å². The number of hydrogen-bond donors (Lipinski definition) is 2. The second-order valence-corrected chi connectivity index (χ2v) is 6.26. The lowest BCUT2D eigenvalue weighted by Gasteiger charge is -2.29. The lowest BCUT2D eigenvalue weighted by molar-refractivity contribution is 0.0923. The van der Waals surface area contributed by atoms with Gasteiger partial charge in [0, 0.05) is 23.7 Å². The van der Waals surface area contributed by atoms with Gasteiger partial charge in [0.05, 0.1) is 4.47 Å². The van der Waals surface area contributed by atoms with Gasteiger partial charge in [-0.15, -0.1) is 12.4 Å². The summed E-state index contributed by atoms with van der Waals surface area (Å²) in [7, 11) is 0. The zero-order chi connectivity index (χ0) is 13.4. The van der Waals surface area contributed by atoms with Crippen molar-refractivity contribution in [2.45, 2.75) is 43.8 Å². The normalized spacial score (nSPS) is 27.8. The second-order valence-electron chi connectivity index (χ2n) is 5.41. The first-order chi connectivity index (χ1) is 9.11. The van der Waals surface area contributed by atoms with Crippen LogP contribution in [0.1, 0.15) is 36.0 Å². The topological polar surface area (TPSA) is 41.1 Å². The first-order valence-electron chi connectivity index (χ1n) is 6.64. The number of benzene rings is 1. The van der Waals surface area contributed by atoms with E-state index in [0.29, 0.717) is 22.1 Å². The van der Waals surface area contributed by atoms with Gasteiger partial charge in [-0.3, -0.25) is 4.79 Å². The lowest BCUT2D eigenvalue weighted by Crippen LogP contribution is -2.48. The van der Waals surface area contributed by atoms with E-state index in [1.165, 1.54) is 18.9 Å². The second kappa shape index (κ2) is 6.41. The van der Waals surface area contributed by atoms with Crippen LogP contribution in [-0.4, -0.2) is 24.0 Å². The Morgan fingerprint density at radius 3 is 2.55 bits per heavy atom. The summed E-state index contributed by atoms with van der Waals surface area (Å²) in [5.74, 6) is -0.587. The maximum atomic E-state index is 13.4. The van der Waals surface area contributed by atoms with Crippen molar-refractivity contribution in [3.8, 4) is 0 Å². The minimum absolute atomic E-state index is 0. The molecule has 2 bridgehead atoms. The summed E-state index contributed by atoms with van der Waals surface area (Å²) < 4.78 is 13.8. The molecule has 110 valence electrons. The Morgan fingerprint density at radius 1 is 1.30 bits per heavy atom. The number of rotatable bonds is 2. The number of amides is 1. The summed E-state index contributed by atoms with van der Waals surface area (Å²) in [6.07, 6.45) is 4.34. The molecule has 2 atom stereocenters. The number of piperidine rings is 1. The van der Waals surface area contributed by atoms with Gasteiger partial charge < -0.3 is 10.6 Å². The zero-order valence-corrected chi connectivity index (χ0v) is 13.3. The summed E-state index contributed by atoms with van der Waals surface area (Å²) in [4.78, 5) is 12.1. The highest BCUT2D eigenvalue weighted by atomic mass is 79.9. The Bertz CT molecular complexity index is 502. The Morgan fingerprint density at radius 2 is 1.95 bits per heavy atom. The fraction of sp³-hybridized carbons (Fsp3) is 0.500. The first-order valence-corrected chi connectivity index (χ1v) is 7.43. The molecule has 1 amide bonds. The summed E-state index contributed by atoms with van der Waals surface area (Å²) in [6, 6.07) is 5.75. The van der Waals surface area contributed by atoms with Crippen LogP contribution in [0.4, 0.5) is 4.39 Å². The summed E-state index contributed by atoms with van der Waals surface area (Å²) >= 11 is 3.09. The Labute approximate surface area is 132 Å². The van der Waals surface area contributed by atoms with Crippen LogP contribution >= 0.6 is 28.3 Å². The highest BCUT2D eigenvalue weighted by Crippen LogP contribution is 2.27. The fourth-order valence-corrected chi connectivity index (χ4v) is 3.33. The molecule has 0 aliphatic carbocycles. The molecular weight excluding hydrogens is 347 g/mol. The molecule has 2 aliphatic heterocycles. The summed E-state index contributed by atoms with van der Waals surface area (Å²) in [6.45, 7) is 0. The first kappa shape index (κ1) is 15.7. The Balaban J connectivity index is 0.00000147. The SMILES string of the molecule is Cl.O=C(NC1CC2CCC(C1)N2)c1ccc(Br)c(F)c1. The van der Waals surface area contributed by atoms with Gasteiger partial charge in [-0.05, 0) is 59.8 Å². The van der Waals surface area contributed by atoms with E-state index < -0.39 is 5.82 Å². The van der Waals surface area contributed by atoms with Crippen molar-refractivity contribution in [1.29, 1.82) is 0 Å². The largest absolute Gasteiger partial charge is 0.349 e. The van der Waals surface area contributed by atoms with E-state index in [4.69, 9.17) is 0 Å². The van der Waals surface area contributed by atoms with Crippen LogP contribution in [0.5, 0.6) is 0 Å². The van der Waals surface area contributed by atoms with Gasteiger partial charge in [0.2, 0.25) is 0 Å². The highest BCUT2D eigenvalue weighted by Gasteiger charge is 2.34. The predicted molar refractivity (Wildman–Crippen MR) is 81.8 cm³/mol. The van der Waals surface area contributed by atoms with Crippen molar-refractivity contribution in [1.82, 2.24) is 10.6 Å². The van der Waals surface area contributed by atoms with Gasteiger partial charge in [0.25, 0.3) is 5.91 Å². The molecule has 3 nitrogen and oxygen atoms in total. The van der Waals surface area contributed by atoms with E-state index in [0.717, 1.165) is 12.8 Å². The molecule has 0 radical (unpaired) electrons. The van der Waals surface area contributed by atoms with Crippen LogP contribution in [-0.2, 0) is 0 Å². The number of fused-ring (bicyclic) bond motifs is 2. The zero-order valence-electron chi connectivity index (χ0n) is 10.9. The fourth-order valence-electron chi connectivity index (χ4n) is 3.08. The summed E-state index contributed by atoms with van der Waals surface area (Å²) in [5, 5.41) is 6.55. The number of hydrogen-bond acceptors (Lipinski definition) is 2. The molecule has 3 rings (SSSR count). The quantitative estimate of drug-likeness (QED) is 0.848. The van der Waals surface area contributed by atoms with Crippen molar-refractivity contribution in [2.75, 3.05) is 0 Å². The molecule has 2 saturated heterocycles. The van der Waals surface area contributed by atoms with Crippen LogP contribution in [0.3, 0.4) is 0 Å². The number of carbonyl (C=O) groups excluding carboxylic acids is 1. The molecule has 1 aromatic carbocycles. The van der Waals surface area contributed by atoms with Gasteiger partial charge in [0.1, 0.15) is 5.82 Å². The van der Waals surface area contributed by atoms with Gasteiger partial charge in [-0.25, -0.2) is 4.39 Å². The van der Waals surface area contributed by atoms with Crippen LogP contribution in [0.2, 0.25) is 0 Å². The third-order valence-corrected chi connectivity index (χ3v) is 4.63. The maximum absolute atomic E-state index is 13.4. The van der Waals surface area contributed by atoms with E-state index in [1.54, 1.807) is 12.1 Å². The van der Waals surface area contributed by atoms with E-state index in [2.05, 4.69) is 26.6 Å². The van der Waals surface area contributed by atoms with E-state index in [-0.39, 0.29) is 24.4 Å². The van der Waals surface area contributed by atoms with Gasteiger partial charge in [-0.1, -0.05) is 0 Å². The third kappa shape index (κ3) is 3.32. The van der Waals surface area contributed by atoms with Crippen molar-refractivity contribution in [3.05, 3.63) is 34.1 Å². The minimum atomic E-state index is -0.405. The smallest absolute Gasteiger partial charge is 0.251 e. The highest BCUT2D eigenvalue weighted by molar-refractivity contribution is 9.10. The molecule has 2 unspecified atom stereocenters. The van der Waals surface area contributed by atoms with Crippen molar-refractivity contribution in [3.63, 3.8) is 0 Å². The van der Waals surface area contributed by atoms with Gasteiger partial charge in [-0.2, -0.15) is 0 Å². The molecule has 2 N–H and O–H groups in total.